The number of nitrogens with one attached hydrogen (secondary N) is 2. The lowest BCUT2D eigenvalue weighted by Gasteiger charge is -2.09. The zero-order valence-corrected chi connectivity index (χ0v) is 10.5. The highest BCUT2D eigenvalue weighted by molar-refractivity contribution is 7.89. The predicted octanol–water partition coefficient (Wildman–Crippen LogP) is 1.01. The Bertz CT molecular complexity index is 467. The Hall–Kier alpha value is -0.590. The molecule has 1 aliphatic rings. The van der Waals surface area contributed by atoms with Gasteiger partial charge < -0.3 is 0 Å². The van der Waals surface area contributed by atoms with Crippen molar-refractivity contribution in [3.05, 3.63) is 11.9 Å². The van der Waals surface area contributed by atoms with Crippen molar-refractivity contribution in [3.8, 4) is 0 Å². The molecule has 16 heavy (non-hydrogen) atoms. The van der Waals surface area contributed by atoms with Crippen LogP contribution in [0.5, 0.6) is 0 Å². The predicted molar refractivity (Wildman–Crippen MR) is 60.9 cm³/mol. The molecule has 2 N–H and O–H groups in total. The van der Waals surface area contributed by atoms with E-state index in [0.29, 0.717) is 11.6 Å². The first-order valence-corrected chi connectivity index (χ1v) is 7.06. The normalized spacial score (nSPS) is 18.6. The third-order valence-corrected chi connectivity index (χ3v) is 4.72. The fourth-order valence-corrected chi connectivity index (χ4v) is 3.12. The zero-order chi connectivity index (χ0) is 11.8. The number of alkyl halides is 1. The maximum Gasteiger partial charge on any atom is 0.243 e. The van der Waals surface area contributed by atoms with E-state index in [1.807, 2.05) is 0 Å². The summed E-state index contributed by atoms with van der Waals surface area (Å²) >= 11 is 6.04. The Labute approximate surface area is 99.6 Å². The van der Waals surface area contributed by atoms with Crippen molar-refractivity contribution in [1.29, 1.82) is 0 Å². The highest BCUT2D eigenvalue weighted by atomic mass is 35.5. The third kappa shape index (κ3) is 2.56. The largest absolute Gasteiger partial charge is 0.281 e. The first-order valence-electron chi connectivity index (χ1n) is 5.14. The van der Waals surface area contributed by atoms with Crippen molar-refractivity contribution in [3.63, 3.8) is 0 Å². The zero-order valence-electron chi connectivity index (χ0n) is 8.90. The SMILES string of the molecule is Cc1[nH]ncc1S(=O)(=O)NCC(Cl)C1CC1. The number of rotatable bonds is 5. The fourth-order valence-electron chi connectivity index (χ4n) is 1.50. The summed E-state index contributed by atoms with van der Waals surface area (Å²) in [6.07, 6.45) is 3.50. The average molecular weight is 264 g/mol. The molecule has 1 fully saturated rings. The molecule has 0 aliphatic heterocycles. The molecule has 5 nitrogen and oxygen atoms in total. The molecule has 1 unspecified atom stereocenters. The van der Waals surface area contributed by atoms with E-state index < -0.39 is 10.0 Å². The Morgan fingerprint density at radius 3 is 2.88 bits per heavy atom. The van der Waals surface area contributed by atoms with Gasteiger partial charge in [0.2, 0.25) is 10.0 Å². The Morgan fingerprint density at radius 1 is 1.69 bits per heavy atom. The Morgan fingerprint density at radius 2 is 2.38 bits per heavy atom. The molecule has 90 valence electrons. The van der Waals surface area contributed by atoms with Crippen LogP contribution in [-0.2, 0) is 10.0 Å². The second kappa shape index (κ2) is 4.35. The van der Waals surface area contributed by atoms with Gasteiger partial charge in [0, 0.05) is 11.9 Å². The molecule has 1 aromatic heterocycles. The number of aryl methyl sites for hydroxylation is 1. The molecule has 2 rings (SSSR count). The van der Waals surface area contributed by atoms with E-state index in [0.717, 1.165) is 12.8 Å². The number of nitrogens with zero attached hydrogens (tertiary/aromatic N) is 1. The minimum absolute atomic E-state index is 0.109. The van der Waals surface area contributed by atoms with E-state index in [4.69, 9.17) is 11.6 Å². The van der Waals surface area contributed by atoms with E-state index >= 15 is 0 Å². The lowest BCUT2D eigenvalue weighted by molar-refractivity contribution is 0.575. The first kappa shape index (κ1) is 11.9. The van der Waals surface area contributed by atoms with Gasteiger partial charge in [-0.15, -0.1) is 11.6 Å². The minimum atomic E-state index is -3.48. The molecule has 0 amide bonds. The number of hydrogen-bond donors (Lipinski definition) is 2. The van der Waals surface area contributed by atoms with E-state index in [1.165, 1.54) is 6.20 Å². The first-order chi connectivity index (χ1) is 7.50. The van der Waals surface area contributed by atoms with Crippen molar-refractivity contribution in [1.82, 2.24) is 14.9 Å². The topological polar surface area (TPSA) is 74.8 Å². The fraction of sp³-hybridized carbons (Fsp3) is 0.667. The monoisotopic (exact) mass is 263 g/mol. The standard InChI is InChI=1S/C9H14ClN3O2S/c1-6-9(5-11-13-6)16(14,15)12-4-8(10)7-2-3-7/h5,7-8,12H,2-4H2,1H3,(H,11,13). The summed E-state index contributed by atoms with van der Waals surface area (Å²) in [4.78, 5) is 0.187. The summed E-state index contributed by atoms with van der Waals surface area (Å²) in [6, 6.07) is 0. The van der Waals surface area contributed by atoms with Crippen LogP contribution in [0, 0.1) is 12.8 Å². The van der Waals surface area contributed by atoms with E-state index in [-0.39, 0.29) is 16.8 Å². The van der Waals surface area contributed by atoms with Gasteiger partial charge in [-0.25, -0.2) is 13.1 Å². The minimum Gasteiger partial charge on any atom is -0.281 e. The van der Waals surface area contributed by atoms with Crippen molar-refractivity contribution < 1.29 is 8.42 Å². The van der Waals surface area contributed by atoms with Gasteiger partial charge in [-0.3, -0.25) is 5.10 Å². The molecule has 1 heterocycles. The lowest BCUT2D eigenvalue weighted by Crippen LogP contribution is -2.30. The van der Waals surface area contributed by atoms with Crippen LogP contribution in [0.15, 0.2) is 11.1 Å². The summed E-state index contributed by atoms with van der Waals surface area (Å²) in [5.41, 5.74) is 0.532. The van der Waals surface area contributed by atoms with Crippen LogP contribution in [0.3, 0.4) is 0 Å². The van der Waals surface area contributed by atoms with Crippen molar-refractivity contribution in [2.24, 2.45) is 5.92 Å². The van der Waals surface area contributed by atoms with Crippen LogP contribution < -0.4 is 4.72 Å². The van der Waals surface area contributed by atoms with Crippen LogP contribution in [0.25, 0.3) is 0 Å². The molecule has 1 saturated carbocycles. The van der Waals surface area contributed by atoms with E-state index in [2.05, 4.69) is 14.9 Å². The quantitative estimate of drug-likeness (QED) is 0.779. The van der Waals surface area contributed by atoms with E-state index in [1.54, 1.807) is 6.92 Å². The number of hydrogen-bond acceptors (Lipinski definition) is 3. The summed E-state index contributed by atoms with van der Waals surface area (Å²) in [5, 5.41) is 6.17. The van der Waals surface area contributed by atoms with Gasteiger partial charge in [0.15, 0.2) is 0 Å². The van der Waals surface area contributed by atoms with Gasteiger partial charge in [0.25, 0.3) is 0 Å². The number of halogens is 1. The molecule has 0 bridgehead atoms. The second-order valence-corrected chi connectivity index (χ2v) is 6.36. The van der Waals surface area contributed by atoms with Crippen molar-refractivity contribution >= 4 is 21.6 Å². The molecule has 1 atom stereocenters. The van der Waals surface area contributed by atoms with Crippen molar-refractivity contribution in [2.75, 3.05) is 6.54 Å². The van der Waals surface area contributed by atoms with Gasteiger partial charge in [0.1, 0.15) is 4.90 Å². The molecule has 7 heteroatoms. The number of aromatic amines is 1. The summed E-state index contributed by atoms with van der Waals surface area (Å²) < 4.78 is 26.2. The van der Waals surface area contributed by atoms with Crippen molar-refractivity contribution in [2.45, 2.75) is 30.0 Å². The molecule has 1 aliphatic carbocycles. The lowest BCUT2D eigenvalue weighted by atomic mass is 10.3. The summed E-state index contributed by atoms with van der Waals surface area (Å²) in [6.45, 7) is 1.94. The molecule has 0 aromatic carbocycles. The molecule has 0 spiro atoms. The number of aromatic nitrogens is 2. The molecule has 0 saturated heterocycles. The van der Waals surface area contributed by atoms with Crippen LogP contribution >= 0.6 is 11.6 Å². The molecule has 0 radical (unpaired) electrons. The highest BCUT2D eigenvalue weighted by Gasteiger charge is 2.30. The maximum absolute atomic E-state index is 11.8. The third-order valence-electron chi connectivity index (χ3n) is 2.68. The second-order valence-electron chi connectivity index (χ2n) is 4.06. The molecule has 1 aromatic rings. The summed E-state index contributed by atoms with van der Waals surface area (Å²) in [5.74, 6) is 0.467. The van der Waals surface area contributed by atoms with Gasteiger partial charge in [-0.1, -0.05) is 0 Å². The van der Waals surface area contributed by atoms with Crippen LogP contribution in [0.2, 0.25) is 0 Å². The average Bonchev–Trinajstić information content (AvgIpc) is 2.98. The van der Waals surface area contributed by atoms with E-state index in [9.17, 15) is 8.42 Å². The van der Waals surface area contributed by atoms with Gasteiger partial charge in [-0.05, 0) is 25.7 Å². The van der Waals surface area contributed by atoms with Gasteiger partial charge in [0.05, 0.1) is 11.9 Å². The highest BCUT2D eigenvalue weighted by Crippen LogP contribution is 2.35. The maximum atomic E-state index is 11.8. The summed E-state index contributed by atoms with van der Waals surface area (Å²) in [7, 11) is -3.48. The smallest absolute Gasteiger partial charge is 0.243 e. The molecular weight excluding hydrogens is 250 g/mol. The number of H-pyrrole nitrogens is 1. The van der Waals surface area contributed by atoms with Crippen LogP contribution in [0.4, 0.5) is 0 Å². The van der Waals surface area contributed by atoms with Crippen LogP contribution in [-0.4, -0.2) is 30.5 Å². The van der Waals surface area contributed by atoms with Gasteiger partial charge >= 0.3 is 0 Å². The number of sulfonamides is 1. The van der Waals surface area contributed by atoms with Gasteiger partial charge in [-0.2, -0.15) is 5.10 Å². The Balaban J connectivity index is 2.00. The molecular formula is C9H14ClN3O2S. The Kier molecular flexibility index (Phi) is 3.23. The van der Waals surface area contributed by atoms with Crippen LogP contribution in [0.1, 0.15) is 18.5 Å².